The second-order valence-corrected chi connectivity index (χ2v) is 8.86. The van der Waals surface area contributed by atoms with Crippen molar-refractivity contribution in [3.8, 4) is 34.3 Å². The van der Waals surface area contributed by atoms with Crippen molar-refractivity contribution in [1.82, 2.24) is 9.97 Å². The Morgan fingerprint density at radius 1 is 1.14 bits per heavy atom. The number of methoxy groups -OCH3 is 1. The van der Waals surface area contributed by atoms with Crippen LogP contribution in [0.4, 0.5) is 5.82 Å². The van der Waals surface area contributed by atoms with Crippen molar-refractivity contribution in [3.63, 3.8) is 0 Å². The highest BCUT2D eigenvalue weighted by molar-refractivity contribution is 5.92. The van der Waals surface area contributed by atoms with Crippen LogP contribution in [-0.2, 0) is 6.42 Å². The standard InChI is InChI=1S/C27H29N3O6/c1-16-19(22(33-2)14-24-26(16)35-11-10-34-24)8-9-28-25-13-21(29-15-30-25)17-6-7-20(27(31)32)23(12-17)36-18-4-3-5-18/h6-7,12-15,18H,3-5,8-11H2,1-2H3,(H,31,32)(H,28,29,30). The third kappa shape index (κ3) is 4.86. The normalized spacial score (nSPS) is 14.6. The first kappa shape index (κ1) is 23.7. The lowest BCUT2D eigenvalue weighted by Gasteiger charge is -2.27. The van der Waals surface area contributed by atoms with Crippen LogP contribution in [0.1, 0.15) is 40.7 Å². The summed E-state index contributed by atoms with van der Waals surface area (Å²) in [6, 6.07) is 8.78. The molecule has 0 atom stereocenters. The van der Waals surface area contributed by atoms with Gasteiger partial charge in [-0.05, 0) is 44.7 Å². The highest BCUT2D eigenvalue weighted by atomic mass is 16.6. The van der Waals surface area contributed by atoms with Crippen molar-refractivity contribution < 1.29 is 28.8 Å². The van der Waals surface area contributed by atoms with E-state index >= 15 is 0 Å². The van der Waals surface area contributed by atoms with Gasteiger partial charge in [-0.2, -0.15) is 0 Å². The van der Waals surface area contributed by atoms with Crippen molar-refractivity contribution in [1.29, 1.82) is 0 Å². The number of aromatic carboxylic acids is 1. The number of rotatable bonds is 9. The number of carboxylic acids is 1. The van der Waals surface area contributed by atoms with Gasteiger partial charge in [0.15, 0.2) is 11.5 Å². The highest BCUT2D eigenvalue weighted by Crippen LogP contribution is 2.41. The van der Waals surface area contributed by atoms with Gasteiger partial charge in [0.2, 0.25) is 0 Å². The Kier molecular flexibility index (Phi) is 6.79. The van der Waals surface area contributed by atoms with Crippen LogP contribution in [0, 0.1) is 6.92 Å². The van der Waals surface area contributed by atoms with Crippen molar-refractivity contribution in [3.05, 3.63) is 53.3 Å². The summed E-state index contributed by atoms with van der Waals surface area (Å²) in [7, 11) is 1.65. The number of nitrogens with zero attached hydrogens (tertiary/aromatic N) is 2. The topological polar surface area (TPSA) is 112 Å². The molecule has 2 aliphatic rings. The lowest BCUT2D eigenvalue weighted by atomic mass is 9.96. The number of anilines is 1. The molecule has 1 fully saturated rings. The molecule has 1 aromatic heterocycles. The first-order valence-corrected chi connectivity index (χ1v) is 12.1. The summed E-state index contributed by atoms with van der Waals surface area (Å²) in [6.45, 7) is 3.68. The van der Waals surface area contributed by atoms with Gasteiger partial charge in [0.25, 0.3) is 0 Å². The summed E-state index contributed by atoms with van der Waals surface area (Å²) in [6.07, 6.45) is 5.24. The smallest absolute Gasteiger partial charge is 0.339 e. The minimum atomic E-state index is -1.01. The zero-order chi connectivity index (χ0) is 25.1. The van der Waals surface area contributed by atoms with E-state index in [9.17, 15) is 9.90 Å². The largest absolute Gasteiger partial charge is 0.496 e. The number of hydrogen-bond donors (Lipinski definition) is 2. The fourth-order valence-electron chi connectivity index (χ4n) is 4.40. The van der Waals surface area contributed by atoms with E-state index in [-0.39, 0.29) is 11.7 Å². The van der Waals surface area contributed by atoms with Crippen LogP contribution in [0.15, 0.2) is 36.7 Å². The summed E-state index contributed by atoms with van der Waals surface area (Å²) in [4.78, 5) is 20.4. The molecule has 0 spiro atoms. The van der Waals surface area contributed by atoms with Gasteiger partial charge in [-0.25, -0.2) is 14.8 Å². The summed E-state index contributed by atoms with van der Waals surface area (Å²) < 4.78 is 23.1. The van der Waals surface area contributed by atoms with Gasteiger partial charge < -0.3 is 29.4 Å². The van der Waals surface area contributed by atoms with Gasteiger partial charge >= 0.3 is 5.97 Å². The third-order valence-corrected chi connectivity index (χ3v) is 6.59. The molecule has 0 unspecified atom stereocenters. The van der Waals surface area contributed by atoms with Crippen LogP contribution >= 0.6 is 0 Å². The van der Waals surface area contributed by atoms with Crippen molar-refractivity contribution in [2.45, 2.75) is 38.7 Å². The van der Waals surface area contributed by atoms with E-state index in [0.717, 1.165) is 47.5 Å². The average Bonchev–Trinajstić information content (AvgIpc) is 2.87. The van der Waals surface area contributed by atoms with E-state index in [0.29, 0.717) is 49.2 Å². The van der Waals surface area contributed by atoms with Gasteiger partial charge in [-0.15, -0.1) is 0 Å². The molecule has 0 saturated heterocycles. The van der Waals surface area contributed by atoms with Gasteiger partial charge in [0.1, 0.15) is 42.4 Å². The number of aromatic nitrogens is 2. The molecular formula is C27H29N3O6. The van der Waals surface area contributed by atoms with Crippen LogP contribution < -0.4 is 24.3 Å². The average molecular weight is 492 g/mol. The van der Waals surface area contributed by atoms with Gasteiger partial charge in [0, 0.05) is 35.4 Å². The predicted octanol–water partition coefficient (Wildman–Crippen LogP) is 4.52. The Labute approximate surface area is 209 Å². The Hall–Kier alpha value is -4.01. The van der Waals surface area contributed by atoms with Crippen LogP contribution in [-0.4, -0.2) is 54.0 Å². The molecule has 0 bridgehead atoms. The molecule has 0 amide bonds. The third-order valence-electron chi connectivity index (χ3n) is 6.59. The fraction of sp³-hybridized carbons (Fsp3) is 0.370. The predicted molar refractivity (Wildman–Crippen MR) is 134 cm³/mol. The van der Waals surface area contributed by atoms with E-state index in [2.05, 4.69) is 15.3 Å². The Balaban J connectivity index is 1.31. The second kappa shape index (κ2) is 10.3. The van der Waals surface area contributed by atoms with Crippen molar-refractivity contribution in [2.24, 2.45) is 0 Å². The van der Waals surface area contributed by atoms with Crippen LogP contribution in [0.5, 0.6) is 23.0 Å². The Morgan fingerprint density at radius 3 is 2.72 bits per heavy atom. The van der Waals surface area contributed by atoms with E-state index in [1.807, 2.05) is 19.1 Å². The SMILES string of the molecule is COc1cc2c(c(C)c1CCNc1cc(-c3ccc(C(=O)O)c(OC4CCC4)c3)ncn1)OCCO2. The maximum Gasteiger partial charge on any atom is 0.339 e. The molecule has 9 nitrogen and oxygen atoms in total. The van der Waals surface area contributed by atoms with E-state index in [1.54, 1.807) is 25.3 Å². The maximum absolute atomic E-state index is 11.7. The summed E-state index contributed by atoms with van der Waals surface area (Å²) in [5.41, 5.74) is 3.65. The molecular weight excluding hydrogens is 462 g/mol. The van der Waals surface area contributed by atoms with E-state index in [1.165, 1.54) is 6.33 Å². The zero-order valence-electron chi connectivity index (χ0n) is 20.4. The molecule has 3 aromatic rings. The highest BCUT2D eigenvalue weighted by Gasteiger charge is 2.23. The fourth-order valence-corrected chi connectivity index (χ4v) is 4.40. The maximum atomic E-state index is 11.7. The minimum absolute atomic E-state index is 0.0713. The first-order chi connectivity index (χ1) is 17.5. The number of carbonyl (C=O) groups is 1. The van der Waals surface area contributed by atoms with Crippen molar-refractivity contribution in [2.75, 3.05) is 32.2 Å². The Bertz CT molecular complexity index is 1270. The molecule has 1 aliphatic heterocycles. The molecule has 2 aromatic carbocycles. The molecule has 2 N–H and O–H groups in total. The number of carboxylic acid groups (broad SMARTS) is 1. The lowest BCUT2D eigenvalue weighted by molar-refractivity contribution is 0.0680. The Morgan fingerprint density at radius 2 is 1.97 bits per heavy atom. The van der Waals surface area contributed by atoms with Gasteiger partial charge in [0.05, 0.1) is 18.9 Å². The minimum Gasteiger partial charge on any atom is -0.496 e. The van der Waals surface area contributed by atoms with Gasteiger partial charge in [-0.1, -0.05) is 6.07 Å². The number of nitrogens with one attached hydrogen (secondary N) is 1. The molecule has 188 valence electrons. The molecule has 36 heavy (non-hydrogen) atoms. The van der Waals surface area contributed by atoms with Crippen LogP contribution in [0.3, 0.4) is 0 Å². The zero-order valence-corrected chi connectivity index (χ0v) is 20.4. The summed E-state index contributed by atoms with van der Waals surface area (Å²) in [5.74, 6) is 2.27. The van der Waals surface area contributed by atoms with E-state index < -0.39 is 5.97 Å². The first-order valence-electron chi connectivity index (χ1n) is 12.1. The van der Waals surface area contributed by atoms with Crippen LogP contribution in [0.25, 0.3) is 11.3 Å². The van der Waals surface area contributed by atoms with E-state index in [4.69, 9.17) is 18.9 Å². The van der Waals surface area contributed by atoms with Crippen molar-refractivity contribution >= 4 is 11.8 Å². The molecule has 2 heterocycles. The summed E-state index contributed by atoms with van der Waals surface area (Å²) >= 11 is 0. The van der Waals surface area contributed by atoms with Gasteiger partial charge in [-0.3, -0.25) is 0 Å². The number of fused-ring (bicyclic) bond motifs is 1. The van der Waals surface area contributed by atoms with Crippen LogP contribution in [0.2, 0.25) is 0 Å². The molecule has 1 saturated carbocycles. The number of benzene rings is 2. The molecule has 0 radical (unpaired) electrons. The second-order valence-electron chi connectivity index (χ2n) is 8.86. The molecule has 1 aliphatic carbocycles. The monoisotopic (exact) mass is 491 g/mol. The summed E-state index contributed by atoms with van der Waals surface area (Å²) in [5, 5.41) is 12.9. The molecule has 5 rings (SSSR count). The quantitative estimate of drug-likeness (QED) is 0.446. The number of ether oxygens (including phenoxy) is 4. The number of hydrogen-bond acceptors (Lipinski definition) is 8. The lowest BCUT2D eigenvalue weighted by Crippen LogP contribution is -2.25. The molecule has 9 heteroatoms.